The van der Waals surface area contributed by atoms with Gasteiger partial charge in [-0.1, -0.05) is 20.8 Å². The summed E-state index contributed by atoms with van der Waals surface area (Å²) in [4.78, 5) is 12.3. The number of carbonyl (C=O) groups excluding carboxylic acids is 1. The fourth-order valence-corrected chi connectivity index (χ4v) is 2.51. The summed E-state index contributed by atoms with van der Waals surface area (Å²) in [6.45, 7) is 6.18. The van der Waals surface area contributed by atoms with E-state index in [1.165, 1.54) is 25.3 Å². The lowest BCUT2D eigenvalue weighted by molar-refractivity contribution is 0.104. The van der Waals surface area contributed by atoms with Gasteiger partial charge in [0, 0.05) is 22.8 Å². The van der Waals surface area contributed by atoms with Crippen molar-refractivity contribution < 1.29 is 19.7 Å². The topological polar surface area (TPSA) is 66.8 Å². The van der Waals surface area contributed by atoms with Crippen LogP contribution < -0.4 is 4.74 Å². The number of rotatable bonds is 6. The van der Waals surface area contributed by atoms with Gasteiger partial charge in [-0.3, -0.25) is 4.79 Å². The van der Waals surface area contributed by atoms with Crippen molar-refractivity contribution in [1.82, 2.24) is 0 Å². The number of hydrogen-bond donors (Lipinski definition) is 2. The van der Waals surface area contributed by atoms with Crippen LogP contribution in [0.3, 0.4) is 0 Å². The van der Waals surface area contributed by atoms with E-state index in [9.17, 15) is 15.0 Å². The van der Waals surface area contributed by atoms with E-state index in [0.29, 0.717) is 11.3 Å². The Labute approximate surface area is 148 Å². The quantitative estimate of drug-likeness (QED) is 0.591. The Kier molecular flexibility index (Phi) is 5.52. The van der Waals surface area contributed by atoms with Crippen molar-refractivity contribution in [2.75, 3.05) is 7.11 Å². The average Bonchev–Trinajstić information content (AvgIpc) is 2.60. The first-order chi connectivity index (χ1) is 11.8. The zero-order valence-corrected chi connectivity index (χ0v) is 15.0. The van der Waals surface area contributed by atoms with Crippen LogP contribution in [0.15, 0.2) is 42.5 Å². The van der Waals surface area contributed by atoms with Gasteiger partial charge in [0.25, 0.3) is 0 Å². The Bertz CT molecular complexity index is 786. The number of carbonyl (C=O) groups is 1. The molecule has 4 heteroatoms. The number of benzene rings is 2. The zero-order valence-electron chi connectivity index (χ0n) is 15.0. The van der Waals surface area contributed by atoms with E-state index in [4.69, 9.17) is 4.74 Å². The molecule has 25 heavy (non-hydrogen) atoms. The van der Waals surface area contributed by atoms with Crippen molar-refractivity contribution in [3.63, 3.8) is 0 Å². The highest BCUT2D eigenvalue weighted by molar-refractivity contribution is 6.07. The molecule has 4 nitrogen and oxygen atoms in total. The van der Waals surface area contributed by atoms with E-state index in [2.05, 4.69) is 20.8 Å². The van der Waals surface area contributed by atoms with Crippen molar-refractivity contribution in [3.8, 4) is 17.2 Å². The summed E-state index contributed by atoms with van der Waals surface area (Å²) >= 11 is 0. The van der Waals surface area contributed by atoms with E-state index in [1.807, 2.05) is 6.07 Å². The summed E-state index contributed by atoms with van der Waals surface area (Å²) in [5, 5.41) is 19.6. The normalized spacial score (nSPS) is 11.7. The zero-order chi connectivity index (χ0) is 18.6. The molecule has 2 rings (SSSR count). The molecular formula is C21H24O4. The molecule has 0 amide bonds. The predicted molar refractivity (Wildman–Crippen MR) is 99.4 cm³/mol. The van der Waals surface area contributed by atoms with Gasteiger partial charge in [0.15, 0.2) is 5.78 Å². The lowest BCUT2D eigenvalue weighted by Crippen LogP contribution is -2.16. The van der Waals surface area contributed by atoms with E-state index in [0.717, 1.165) is 17.5 Å². The first-order valence-corrected chi connectivity index (χ1v) is 8.21. The maximum atomic E-state index is 12.3. The molecule has 0 spiro atoms. The van der Waals surface area contributed by atoms with Gasteiger partial charge in [0.05, 0.1) is 7.11 Å². The number of ketones is 1. The summed E-state index contributed by atoms with van der Waals surface area (Å²) in [5.41, 5.74) is 1.83. The van der Waals surface area contributed by atoms with Crippen LogP contribution in [-0.4, -0.2) is 23.1 Å². The molecule has 2 aromatic carbocycles. The molecule has 0 aliphatic heterocycles. The number of aromatic hydroxyl groups is 2. The van der Waals surface area contributed by atoms with Crippen molar-refractivity contribution in [3.05, 3.63) is 59.2 Å². The van der Waals surface area contributed by atoms with E-state index < -0.39 is 0 Å². The van der Waals surface area contributed by atoms with E-state index in [1.54, 1.807) is 24.3 Å². The van der Waals surface area contributed by atoms with Crippen molar-refractivity contribution in [2.24, 2.45) is 0 Å². The van der Waals surface area contributed by atoms with Crippen LogP contribution in [0.2, 0.25) is 0 Å². The van der Waals surface area contributed by atoms with Gasteiger partial charge >= 0.3 is 0 Å². The SMILES string of the molecule is CCC(C)(C)c1cc(/C=C/C(=O)c2ccc(O)cc2)c(OC)cc1O. The monoisotopic (exact) mass is 340 g/mol. The standard InChI is InChI=1S/C21H24O4/c1-5-21(2,3)17-12-15(20(25-4)13-19(17)24)8-11-18(23)14-6-9-16(22)10-7-14/h6-13,22,24H,5H2,1-4H3/b11-8+. The largest absolute Gasteiger partial charge is 0.508 e. The minimum absolute atomic E-state index is 0.118. The average molecular weight is 340 g/mol. The van der Waals surface area contributed by atoms with Crippen LogP contribution in [-0.2, 0) is 5.41 Å². The van der Waals surface area contributed by atoms with Gasteiger partial charge in [-0.05, 0) is 54.3 Å². The maximum absolute atomic E-state index is 12.3. The van der Waals surface area contributed by atoms with Crippen molar-refractivity contribution >= 4 is 11.9 Å². The van der Waals surface area contributed by atoms with Crippen LogP contribution in [0.5, 0.6) is 17.2 Å². The predicted octanol–water partition coefficient (Wildman–Crippen LogP) is 4.69. The maximum Gasteiger partial charge on any atom is 0.185 e. The van der Waals surface area contributed by atoms with Gasteiger partial charge in [-0.2, -0.15) is 0 Å². The third kappa shape index (κ3) is 4.21. The minimum atomic E-state index is -0.195. The lowest BCUT2D eigenvalue weighted by atomic mass is 9.81. The molecule has 0 saturated carbocycles. The molecule has 0 unspecified atom stereocenters. The molecule has 0 saturated heterocycles. The fraction of sp³-hybridized carbons (Fsp3) is 0.286. The Hall–Kier alpha value is -2.75. The van der Waals surface area contributed by atoms with Gasteiger partial charge < -0.3 is 14.9 Å². The molecule has 0 aromatic heterocycles. The number of allylic oxidation sites excluding steroid dienone is 1. The Morgan fingerprint density at radius 2 is 1.80 bits per heavy atom. The van der Waals surface area contributed by atoms with Crippen LogP contribution in [0.4, 0.5) is 0 Å². The third-order valence-corrected chi connectivity index (χ3v) is 4.53. The van der Waals surface area contributed by atoms with Crippen molar-refractivity contribution in [2.45, 2.75) is 32.6 Å². The number of phenols is 2. The molecule has 0 atom stereocenters. The summed E-state index contributed by atoms with van der Waals surface area (Å²) in [6.07, 6.45) is 4.01. The molecule has 0 bridgehead atoms. The van der Waals surface area contributed by atoms with Crippen molar-refractivity contribution in [1.29, 1.82) is 0 Å². The summed E-state index contributed by atoms with van der Waals surface area (Å²) in [5.74, 6) is 0.632. The van der Waals surface area contributed by atoms with E-state index in [-0.39, 0.29) is 22.7 Å². The highest BCUT2D eigenvalue weighted by atomic mass is 16.5. The molecule has 2 N–H and O–H groups in total. The molecule has 0 radical (unpaired) electrons. The fourth-order valence-electron chi connectivity index (χ4n) is 2.51. The minimum Gasteiger partial charge on any atom is -0.508 e. The van der Waals surface area contributed by atoms with Gasteiger partial charge in [0.2, 0.25) is 0 Å². The molecule has 0 heterocycles. The summed E-state index contributed by atoms with van der Waals surface area (Å²) in [7, 11) is 1.53. The molecule has 0 aliphatic rings. The van der Waals surface area contributed by atoms with Gasteiger partial charge in [0.1, 0.15) is 17.2 Å². The number of phenolic OH excluding ortho intramolecular Hbond substituents is 2. The molecule has 132 valence electrons. The molecule has 2 aromatic rings. The summed E-state index contributed by atoms with van der Waals surface area (Å²) in [6, 6.07) is 9.53. The second-order valence-electron chi connectivity index (χ2n) is 6.59. The second-order valence-corrected chi connectivity index (χ2v) is 6.59. The Balaban J connectivity index is 2.38. The lowest BCUT2D eigenvalue weighted by Gasteiger charge is -2.25. The highest BCUT2D eigenvalue weighted by Crippen LogP contribution is 2.38. The first-order valence-electron chi connectivity index (χ1n) is 8.21. The Morgan fingerprint density at radius 3 is 2.36 bits per heavy atom. The number of ether oxygens (including phenoxy) is 1. The molecular weight excluding hydrogens is 316 g/mol. The van der Waals surface area contributed by atoms with Crippen LogP contribution in [0, 0.1) is 0 Å². The van der Waals surface area contributed by atoms with Crippen LogP contribution in [0.1, 0.15) is 48.7 Å². The highest BCUT2D eigenvalue weighted by Gasteiger charge is 2.23. The Morgan fingerprint density at radius 1 is 1.16 bits per heavy atom. The second kappa shape index (κ2) is 7.43. The van der Waals surface area contributed by atoms with Crippen LogP contribution >= 0.6 is 0 Å². The van der Waals surface area contributed by atoms with Gasteiger partial charge in [-0.25, -0.2) is 0 Å². The third-order valence-electron chi connectivity index (χ3n) is 4.53. The molecule has 0 fully saturated rings. The number of hydrogen-bond acceptors (Lipinski definition) is 4. The van der Waals surface area contributed by atoms with Gasteiger partial charge in [-0.15, -0.1) is 0 Å². The first kappa shape index (κ1) is 18.6. The number of methoxy groups -OCH3 is 1. The van der Waals surface area contributed by atoms with E-state index >= 15 is 0 Å². The smallest absolute Gasteiger partial charge is 0.185 e. The van der Waals surface area contributed by atoms with Crippen LogP contribution in [0.25, 0.3) is 6.08 Å². The summed E-state index contributed by atoms with van der Waals surface area (Å²) < 4.78 is 5.33. The molecule has 0 aliphatic carbocycles.